The van der Waals surface area contributed by atoms with Gasteiger partial charge in [-0.3, -0.25) is 0 Å². The Morgan fingerprint density at radius 3 is 2.77 bits per heavy atom. The fourth-order valence-electron chi connectivity index (χ4n) is 3.38. The lowest BCUT2D eigenvalue weighted by atomic mass is 10.1. The molecule has 1 aromatic heterocycles. The highest BCUT2D eigenvalue weighted by Crippen LogP contribution is 2.29. The van der Waals surface area contributed by atoms with Crippen LogP contribution in [0.1, 0.15) is 49.0 Å². The molecule has 0 unspecified atom stereocenters. The zero-order chi connectivity index (χ0) is 20.7. The first-order valence-corrected chi connectivity index (χ1v) is 10.1. The number of nitrogens with one attached hydrogen (secondary N) is 2. The molecule has 30 heavy (non-hydrogen) atoms. The number of benzene rings is 1. The molecule has 2 aromatic rings. The average Bonchev–Trinajstić information content (AvgIpc) is 2.92. The van der Waals surface area contributed by atoms with Crippen LogP contribution in [-0.2, 0) is 32.1 Å². The molecular weight excluding hydrogens is 508 g/mol. The number of aliphatic imine (C=N–C) groups is 1. The molecule has 0 saturated heterocycles. The van der Waals surface area contributed by atoms with Gasteiger partial charge in [-0.2, -0.15) is 13.2 Å². The van der Waals surface area contributed by atoms with Gasteiger partial charge in [0.15, 0.2) is 5.96 Å². The minimum Gasteiger partial charge on any atom is -0.357 e. The van der Waals surface area contributed by atoms with Crippen LogP contribution in [0.3, 0.4) is 0 Å². The number of fused-ring (bicyclic) bond motifs is 1. The minimum absolute atomic E-state index is 0. The van der Waals surface area contributed by atoms with E-state index >= 15 is 0 Å². The highest BCUT2D eigenvalue weighted by Gasteiger charge is 2.30. The maximum Gasteiger partial charge on any atom is 0.416 e. The van der Waals surface area contributed by atoms with Crippen molar-refractivity contribution in [2.24, 2.45) is 4.99 Å². The molecule has 0 saturated carbocycles. The Balaban J connectivity index is 0.00000320. The first kappa shape index (κ1) is 24.4. The summed E-state index contributed by atoms with van der Waals surface area (Å²) in [5.41, 5.74) is -0.143. The molecule has 1 aromatic carbocycles. The number of hydrogen-bond donors (Lipinski definition) is 2. The van der Waals surface area contributed by atoms with E-state index in [0.717, 1.165) is 49.6 Å². The fourth-order valence-corrected chi connectivity index (χ4v) is 3.38. The summed E-state index contributed by atoms with van der Waals surface area (Å²) in [6.07, 6.45) is 0.852. The first-order valence-electron chi connectivity index (χ1n) is 10.1. The van der Waals surface area contributed by atoms with E-state index in [4.69, 9.17) is 0 Å². The molecule has 166 valence electrons. The van der Waals surface area contributed by atoms with Gasteiger partial charge in [-0.1, -0.05) is 18.6 Å². The third kappa shape index (κ3) is 6.85. The van der Waals surface area contributed by atoms with Gasteiger partial charge in [0.25, 0.3) is 0 Å². The molecule has 1 aliphatic rings. The van der Waals surface area contributed by atoms with Crippen molar-refractivity contribution in [3.63, 3.8) is 0 Å². The van der Waals surface area contributed by atoms with E-state index in [1.165, 1.54) is 12.5 Å². The van der Waals surface area contributed by atoms with Gasteiger partial charge in [0.05, 0.1) is 12.1 Å². The molecule has 10 heteroatoms. The third-order valence-corrected chi connectivity index (χ3v) is 4.85. The number of nitrogens with zero attached hydrogens (tertiary/aromatic N) is 4. The van der Waals surface area contributed by atoms with Crippen molar-refractivity contribution < 1.29 is 13.2 Å². The van der Waals surface area contributed by atoms with E-state index in [1.54, 1.807) is 6.07 Å². The molecule has 0 spiro atoms. The lowest BCUT2D eigenvalue weighted by molar-refractivity contribution is -0.137. The second-order valence-electron chi connectivity index (χ2n) is 7.06. The Morgan fingerprint density at radius 1 is 1.17 bits per heavy atom. The van der Waals surface area contributed by atoms with Crippen LogP contribution in [0.15, 0.2) is 29.3 Å². The minimum atomic E-state index is -4.35. The lowest BCUT2D eigenvalue weighted by Crippen LogP contribution is -2.38. The predicted molar refractivity (Wildman–Crippen MR) is 121 cm³/mol. The van der Waals surface area contributed by atoms with Crippen LogP contribution in [0.25, 0.3) is 0 Å². The van der Waals surface area contributed by atoms with Gasteiger partial charge < -0.3 is 15.2 Å². The molecule has 6 nitrogen and oxygen atoms in total. The summed E-state index contributed by atoms with van der Waals surface area (Å²) in [4.78, 5) is 4.41. The lowest BCUT2D eigenvalue weighted by Gasteiger charge is -2.12. The summed E-state index contributed by atoms with van der Waals surface area (Å²) in [5, 5.41) is 15.0. The van der Waals surface area contributed by atoms with Gasteiger partial charge in [-0.15, -0.1) is 34.2 Å². The smallest absolute Gasteiger partial charge is 0.357 e. The predicted octanol–water partition coefficient (Wildman–Crippen LogP) is 3.94. The van der Waals surface area contributed by atoms with Crippen LogP contribution < -0.4 is 10.6 Å². The van der Waals surface area contributed by atoms with Crippen LogP contribution in [0.2, 0.25) is 0 Å². The zero-order valence-corrected chi connectivity index (χ0v) is 19.3. The van der Waals surface area contributed by atoms with Crippen molar-refractivity contribution in [2.75, 3.05) is 13.1 Å². The summed E-state index contributed by atoms with van der Waals surface area (Å²) in [6.45, 7) is 4.35. The zero-order valence-electron chi connectivity index (χ0n) is 17.0. The van der Waals surface area contributed by atoms with Crippen molar-refractivity contribution in [3.05, 3.63) is 47.0 Å². The molecule has 0 aliphatic carbocycles. The molecule has 0 amide bonds. The number of alkyl halides is 3. The summed E-state index contributed by atoms with van der Waals surface area (Å²) >= 11 is 0. The molecule has 0 fully saturated rings. The maximum atomic E-state index is 12.9. The van der Waals surface area contributed by atoms with E-state index in [1.807, 2.05) is 6.92 Å². The maximum absolute atomic E-state index is 12.9. The molecule has 0 atom stereocenters. The summed E-state index contributed by atoms with van der Waals surface area (Å²) < 4.78 is 40.8. The summed E-state index contributed by atoms with van der Waals surface area (Å²) in [7, 11) is 0. The Kier molecular flexibility index (Phi) is 9.37. The Labute approximate surface area is 191 Å². The normalized spacial score (nSPS) is 14.5. The molecule has 0 bridgehead atoms. The van der Waals surface area contributed by atoms with Crippen LogP contribution in [-0.4, -0.2) is 33.8 Å². The Hall–Kier alpha value is -1.85. The van der Waals surface area contributed by atoms with E-state index in [9.17, 15) is 13.2 Å². The van der Waals surface area contributed by atoms with Gasteiger partial charge >= 0.3 is 6.18 Å². The van der Waals surface area contributed by atoms with Gasteiger partial charge in [-0.25, -0.2) is 4.99 Å². The largest absolute Gasteiger partial charge is 0.416 e. The van der Waals surface area contributed by atoms with E-state index in [0.29, 0.717) is 31.0 Å². The van der Waals surface area contributed by atoms with Crippen molar-refractivity contribution in [1.29, 1.82) is 0 Å². The number of aromatic nitrogens is 3. The number of hydrogen-bond acceptors (Lipinski definition) is 3. The van der Waals surface area contributed by atoms with E-state index in [2.05, 4.69) is 30.4 Å². The summed E-state index contributed by atoms with van der Waals surface area (Å²) in [5.74, 6) is 2.59. The fraction of sp³-hybridized carbons (Fsp3) is 0.550. The summed E-state index contributed by atoms with van der Waals surface area (Å²) in [6, 6.07) is 5.26. The second-order valence-corrected chi connectivity index (χ2v) is 7.06. The first-order chi connectivity index (χ1) is 14.0. The topological polar surface area (TPSA) is 67.1 Å². The van der Waals surface area contributed by atoms with Crippen molar-refractivity contribution >= 4 is 29.9 Å². The molecule has 1 aliphatic heterocycles. The van der Waals surface area contributed by atoms with E-state index in [-0.39, 0.29) is 30.5 Å². The number of guanidine groups is 1. The molecular formula is C20H28F3IN6. The van der Waals surface area contributed by atoms with Crippen LogP contribution >= 0.6 is 24.0 Å². The number of aryl methyl sites for hydroxylation is 1. The number of rotatable bonds is 6. The third-order valence-electron chi connectivity index (χ3n) is 4.85. The van der Waals surface area contributed by atoms with Crippen molar-refractivity contribution in [1.82, 2.24) is 25.4 Å². The molecule has 2 heterocycles. The highest BCUT2D eigenvalue weighted by molar-refractivity contribution is 14.0. The van der Waals surface area contributed by atoms with Crippen molar-refractivity contribution in [3.8, 4) is 0 Å². The standard InChI is InChI=1S/C20H27F3N6.HI/c1-2-24-19(26-14-15-7-6-8-16(13-15)20(21,22)23)25-11-10-18-28-27-17-9-4-3-5-12-29(17)18;/h6-8,13H,2-5,9-12,14H2,1H3,(H2,24,25,26);1H. The quantitative estimate of drug-likeness (QED) is 0.334. The van der Waals surface area contributed by atoms with Gasteiger partial charge in [0.2, 0.25) is 0 Å². The monoisotopic (exact) mass is 536 g/mol. The van der Waals surface area contributed by atoms with Crippen LogP contribution in [0.5, 0.6) is 0 Å². The van der Waals surface area contributed by atoms with Crippen LogP contribution in [0, 0.1) is 0 Å². The van der Waals surface area contributed by atoms with Crippen molar-refractivity contribution in [2.45, 2.75) is 58.3 Å². The molecule has 0 radical (unpaired) electrons. The molecule has 3 rings (SSSR count). The van der Waals surface area contributed by atoms with Gasteiger partial charge in [0.1, 0.15) is 11.6 Å². The Morgan fingerprint density at radius 2 is 2.00 bits per heavy atom. The average molecular weight is 536 g/mol. The highest BCUT2D eigenvalue weighted by atomic mass is 127. The Bertz CT molecular complexity index is 834. The van der Waals surface area contributed by atoms with Crippen LogP contribution in [0.4, 0.5) is 13.2 Å². The number of halogens is 4. The van der Waals surface area contributed by atoms with Gasteiger partial charge in [-0.05, 0) is 37.5 Å². The SMILES string of the molecule is CCNC(=NCc1cccc(C(F)(F)F)c1)NCCc1nnc2n1CCCCC2.I. The second kappa shape index (κ2) is 11.5. The molecule has 2 N–H and O–H groups in total. The van der Waals surface area contributed by atoms with E-state index < -0.39 is 11.7 Å². The van der Waals surface area contributed by atoms with Gasteiger partial charge in [0, 0.05) is 32.5 Å².